The van der Waals surface area contributed by atoms with Gasteiger partial charge in [-0.2, -0.15) is 13.2 Å². The Morgan fingerprint density at radius 1 is 1.43 bits per heavy atom. The predicted molar refractivity (Wildman–Crippen MR) is 75.9 cm³/mol. The molecule has 5 nitrogen and oxygen atoms in total. The van der Waals surface area contributed by atoms with Crippen molar-refractivity contribution in [2.24, 2.45) is 10.8 Å². The van der Waals surface area contributed by atoms with E-state index >= 15 is 0 Å². The van der Waals surface area contributed by atoms with E-state index in [2.05, 4.69) is 15.7 Å². The summed E-state index contributed by atoms with van der Waals surface area (Å²) in [5.41, 5.74) is 2.01. The van der Waals surface area contributed by atoms with Crippen molar-refractivity contribution in [3.8, 4) is 0 Å². The standard InChI is InChI=1S/C13H19F3N4O/c1-8-4-5-10(6-11(8)13(14,15)16)19-12(20-17)18-9(2)7-21-3/h4-6,9H,7,17H2,1-3H3,(H2,18,19,20). The molecule has 1 atom stereocenters. The van der Waals surface area contributed by atoms with Crippen molar-refractivity contribution in [1.82, 2.24) is 5.43 Å². The molecule has 0 radical (unpaired) electrons. The number of hydrogen-bond donors (Lipinski definition) is 3. The monoisotopic (exact) mass is 304 g/mol. The first-order valence-corrected chi connectivity index (χ1v) is 6.26. The van der Waals surface area contributed by atoms with Crippen molar-refractivity contribution in [2.75, 3.05) is 19.0 Å². The fourth-order valence-corrected chi connectivity index (χ4v) is 1.75. The Bertz CT molecular complexity index is 503. The van der Waals surface area contributed by atoms with E-state index < -0.39 is 11.7 Å². The van der Waals surface area contributed by atoms with Crippen molar-refractivity contribution in [3.63, 3.8) is 0 Å². The van der Waals surface area contributed by atoms with Crippen molar-refractivity contribution in [3.05, 3.63) is 29.3 Å². The normalized spacial score (nSPS) is 14.0. The maximum absolute atomic E-state index is 12.8. The van der Waals surface area contributed by atoms with Gasteiger partial charge in [0.25, 0.3) is 0 Å². The first-order chi connectivity index (χ1) is 9.77. The van der Waals surface area contributed by atoms with Crippen molar-refractivity contribution in [2.45, 2.75) is 26.1 Å². The van der Waals surface area contributed by atoms with Crippen LogP contribution in [0.4, 0.5) is 18.9 Å². The van der Waals surface area contributed by atoms with Crippen LogP contribution in [0.1, 0.15) is 18.1 Å². The average molecular weight is 304 g/mol. The molecule has 8 heteroatoms. The predicted octanol–water partition coefficient (Wildman–Crippen LogP) is 2.28. The third kappa shape index (κ3) is 5.24. The third-order valence-corrected chi connectivity index (χ3v) is 2.70. The Morgan fingerprint density at radius 2 is 2.10 bits per heavy atom. The highest BCUT2D eigenvalue weighted by Gasteiger charge is 2.32. The summed E-state index contributed by atoms with van der Waals surface area (Å²) in [6.07, 6.45) is -4.40. The van der Waals surface area contributed by atoms with Gasteiger partial charge in [0.05, 0.1) is 18.2 Å². The lowest BCUT2D eigenvalue weighted by molar-refractivity contribution is -0.138. The van der Waals surface area contributed by atoms with Crippen LogP contribution in [-0.2, 0) is 10.9 Å². The number of nitrogens with two attached hydrogens (primary N) is 1. The SMILES string of the molecule is COCC(C)N=C(NN)Nc1ccc(C)c(C(F)(F)F)c1. The molecule has 1 aromatic carbocycles. The number of rotatable bonds is 4. The van der Waals surface area contributed by atoms with Crippen LogP contribution < -0.4 is 16.6 Å². The van der Waals surface area contributed by atoms with Crippen LogP contribution in [0.5, 0.6) is 0 Å². The minimum atomic E-state index is -4.40. The Morgan fingerprint density at radius 3 is 2.62 bits per heavy atom. The lowest BCUT2D eigenvalue weighted by Gasteiger charge is -2.15. The molecule has 0 aliphatic heterocycles. The molecule has 1 rings (SSSR count). The summed E-state index contributed by atoms with van der Waals surface area (Å²) < 4.78 is 43.5. The number of methoxy groups -OCH3 is 1. The van der Waals surface area contributed by atoms with Gasteiger partial charge in [-0.05, 0) is 31.5 Å². The molecule has 0 aliphatic carbocycles. The lowest BCUT2D eigenvalue weighted by atomic mass is 10.1. The molecule has 0 aromatic heterocycles. The molecule has 21 heavy (non-hydrogen) atoms. The van der Waals surface area contributed by atoms with Crippen LogP contribution >= 0.6 is 0 Å². The molecular formula is C13H19F3N4O. The minimum Gasteiger partial charge on any atom is -0.382 e. The second-order valence-corrected chi connectivity index (χ2v) is 4.58. The van der Waals surface area contributed by atoms with Gasteiger partial charge in [-0.3, -0.25) is 5.43 Å². The topological polar surface area (TPSA) is 71.7 Å². The zero-order valence-corrected chi connectivity index (χ0v) is 12.1. The Kier molecular flexibility index (Phi) is 5.98. The van der Waals surface area contributed by atoms with E-state index in [4.69, 9.17) is 10.6 Å². The molecule has 0 aliphatic rings. The van der Waals surface area contributed by atoms with Gasteiger partial charge in [0.1, 0.15) is 0 Å². The molecule has 4 N–H and O–H groups in total. The third-order valence-electron chi connectivity index (χ3n) is 2.70. The second kappa shape index (κ2) is 7.28. The molecule has 1 unspecified atom stereocenters. The maximum atomic E-state index is 12.8. The lowest BCUT2D eigenvalue weighted by Crippen LogP contribution is -2.37. The molecule has 118 valence electrons. The molecule has 0 fully saturated rings. The van der Waals surface area contributed by atoms with E-state index in [1.54, 1.807) is 6.92 Å². The summed E-state index contributed by atoms with van der Waals surface area (Å²) in [5.74, 6) is 5.48. The van der Waals surface area contributed by atoms with E-state index in [1.807, 2.05) is 0 Å². The number of hydrogen-bond acceptors (Lipinski definition) is 3. The number of hydrazine groups is 1. The molecular weight excluding hydrogens is 285 g/mol. The van der Waals surface area contributed by atoms with Crippen molar-refractivity contribution < 1.29 is 17.9 Å². The van der Waals surface area contributed by atoms with Crippen LogP contribution in [0.25, 0.3) is 0 Å². The maximum Gasteiger partial charge on any atom is 0.416 e. The number of benzene rings is 1. The number of halogens is 3. The molecule has 0 heterocycles. The van der Waals surface area contributed by atoms with Gasteiger partial charge in [-0.15, -0.1) is 0 Å². The van der Waals surface area contributed by atoms with Crippen molar-refractivity contribution >= 4 is 11.6 Å². The first-order valence-electron chi connectivity index (χ1n) is 6.26. The highest BCUT2D eigenvalue weighted by Crippen LogP contribution is 2.33. The molecule has 0 saturated heterocycles. The summed E-state index contributed by atoms with van der Waals surface area (Å²) in [4.78, 5) is 4.16. The van der Waals surface area contributed by atoms with E-state index in [9.17, 15) is 13.2 Å². The quantitative estimate of drug-likeness (QED) is 0.345. The summed E-state index contributed by atoms with van der Waals surface area (Å²) in [5, 5.41) is 2.72. The Labute approximate surface area is 121 Å². The number of aliphatic imine (C=N–C) groups is 1. The molecule has 0 bridgehead atoms. The highest BCUT2D eigenvalue weighted by molar-refractivity contribution is 5.93. The van der Waals surface area contributed by atoms with Gasteiger partial charge in [0.15, 0.2) is 0 Å². The Balaban J connectivity index is 2.96. The van der Waals surface area contributed by atoms with Gasteiger partial charge in [0, 0.05) is 12.8 Å². The molecule has 0 amide bonds. The number of ether oxygens (including phenoxy) is 1. The zero-order chi connectivity index (χ0) is 16.0. The van der Waals surface area contributed by atoms with Gasteiger partial charge < -0.3 is 10.1 Å². The molecule has 1 aromatic rings. The van der Waals surface area contributed by atoms with Crippen molar-refractivity contribution in [1.29, 1.82) is 0 Å². The van der Waals surface area contributed by atoms with Gasteiger partial charge >= 0.3 is 6.18 Å². The highest BCUT2D eigenvalue weighted by atomic mass is 19.4. The number of nitrogens with one attached hydrogen (secondary N) is 2. The number of nitrogens with zero attached hydrogens (tertiary/aromatic N) is 1. The first kappa shape index (κ1) is 17.3. The van der Waals surface area contributed by atoms with E-state index in [0.29, 0.717) is 6.61 Å². The smallest absolute Gasteiger partial charge is 0.382 e. The fraction of sp³-hybridized carbons (Fsp3) is 0.462. The number of anilines is 1. The van der Waals surface area contributed by atoms with Gasteiger partial charge in [-0.1, -0.05) is 6.07 Å². The van der Waals surface area contributed by atoms with Crippen LogP contribution in [0.2, 0.25) is 0 Å². The molecule has 0 saturated carbocycles. The minimum absolute atomic E-state index is 0.153. The number of alkyl halides is 3. The summed E-state index contributed by atoms with van der Waals surface area (Å²) in [6.45, 7) is 3.57. The largest absolute Gasteiger partial charge is 0.416 e. The summed E-state index contributed by atoms with van der Waals surface area (Å²) in [7, 11) is 1.53. The van der Waals surface area contributed by atoms with Crippen LogP contribution in [0, 0.1) is 6.92 Å². The summed E-state index contributed by atoms with van der Waals surface area (Å²) in [6, 6.07) is 3.74. The fourth-order valence-electron chi connectivity index (χ4n) is 1.75. The Hall–Kier alpha value is -1.80. The van der Waals surface area contributed by atoms with Crippen LogP contribution in [0.15, 0.2) is 23.2 Å². The van der Waals surface area contributed by atoms with Crippen LogP contribution in [0.3, 0.4) is 0 Å². The van der Waals surface area contributed by atoms with Gasteiger partial charge in [0.2, 0.25) is 5.96 Å². The zero-order valence-electron chi connectivity index (χ0n) is 12.1. The van der Waals surface area contributed by atoms with Gasteiger partial charge in [-0.25, -0.2) is 10.8 Å². The second-order valence-electron chi connectivity index (χ2n) is 4.58. The number of aryl methyl sites for hydroxylation is 1. The average Bonchev–Trinajstić information content (AvgIpc) is 2.39. The molecule has 0 spiro atoms. The van der Waals surface area contributed by atoms with Crippen LogP contribution in [-0.4, -0.2) is 25.7 Å². The van der Waals surface area contributed by atoms with E-state index in [0.717, 1.165) is 6.07 Å². The van der Waals surface area contributed by atoms with E-state index in [-0.39, 0.29) is 23.3 Å². The summed E-state index contributed by atoms with van der Waals surface area (Å²) >= 11 is 0. The number of guanidine groups is 1. The van der Waals surface area contributed by atoms with E-state index in [1.165, 1.54) is 26.2 Å².